The van der Waals surface area contributed by atoms with E-state index in [1.807, 2.05) is 42.9 Å². The first kappa shape index (κ1) is 24.3. The highest BCUT2D eigenvalue weighted by Gasteiger charge is 2.24. The molecule has 5 heterocycles. The average Bonchev–Trinajstić information content (AvgIpc) is 3.54. The van der Waals surface area contributed by atoms with Crippen molar-refractivity contribution >= 4 is 17.3 Å². The third-order valence-electron chi connectivity index (χ3n) is 7.12. The summed E-state index contributed by atoms with van der Waals surface area (Å²) in [6, 6.07) is 17.3. The fraction of sp³-hybridized carbons (Fsp3) is 0.241. The first-order valence-electron chi connectivity index (χ1n) is 12.6. The second-order valence-corrected chi connectivity index (χ2v) is 10.6. The summed E-state index contributed by atoms with van der Waals surface area (Å²) in [5.41, 5.74) is 5.26. The predicted molar refractivity (Wildman–Crippen MR) is 144 cm³/mol. The molecule has 1 saturated heterocycles. The van der Waals surface area contributed by atoms with Crippen LogP contribution in [0.1, 0.15) is 35.8 Å². The van der Waals surface area contributed by atoms with Gasteiger partial charge in [0, 0.05) is 58.6 Å². The molecule has 1 fully saturated rings. The van der Waals surface area contributed by atoms with Gasteiger partial charge < -0.3 is 0 Å². The highest BCUT2D eigenvalue weighted by atomic mass is 32.2. The lowest BCUT2D eigenvalue weighted by atomic mass is 10.0. The first-order valence-corrected chi connectivity index (χ1v) is 13.4. The van der Waals surface area contributed by atoms with Crippen LogP contribution < -0.4 is 0 Å². The van der Waals surface area contributed by atoms with Gasteiger partial charge in [-0.05, 0) is 50.1 Å². The summed E-state index contributed by atoms with van der Waals surface area (Å²) in [7, 11) is 0. The van der Waals surface area contributed by atoms with Crippen molar-refractivity contribution in [1.29, 1.82) is 5.26 Å². The largest absolute Gasteiger partial charge is 0.297 e. The van der Waals surface area contributed by atoms with E-state index in [1.54, 1.807) is 22.8 Å². The van der Waals surface area contributed by atoms with E-state index in [2.05, 4.69) is 38.7 Å². The van der Waals surface area contributed by atoms with E-state index >= 15 is 0 Å². The molecule has 0 aliphatic carbocycles. The smallest absolute Gasteiger partial charge is 0.137 e. The third kappa shape index (κ3) is 4.69. The summed E-state index contributed by atoms with van der Waals surface area (Å²) in [4.78, 5) is 8.18. The Kier molecular flexibility index (Phi) is 6.66. The standard InChI is InChI=1S/C29H26FN7S/c1-20-25(17-34-37(20)24-9-12-35(13-10-24)19-23-6-4-5-11-32-23)21-14-28(38-27-8-3-2-7-26(27)30)29-22(15-31)16-33-36(29)18-21/h2-8,11,14,16-18,24H,9-10,12-13,19H2,1H3. The Morgan fingerprint density at radius 3 is 2.63 bits per heavy atom. The van der Waals surface area contributed by atoms with Crippen molar-refractivity contribution in [2.24, 2.45) is 0 Å². The molecular weight excluding hydrogens is 497 g/mol. The molecule has 190 valence electrons. The zero-order chi connectivity index (χ0) is 26.1. The predicted octanol–water partition coefficient (Wildman–Crippen LogP) is 5.90. The van der Waals surface area contributed by atoms with Gasteiger partial charge in [0.05, 0.1) is 35.2 Å². The van der Waals surface area contributed by atoms with Gasteiger partial charge >= 0.3 is 0 Å². The minimum absolute atomic E-state index is 0.294. The number of hydrogen-bond acceptors (Lipinski definition) is 6. The normalized spacial score (nSPS) is 14.7. The van der Waals surface area contributed by atoms with Crippen LogP contribution in [0.15, 0.2) is 83.1 Å². The van der Waals surface area contributed by atoms with Crippen LogP contribution in [0.2, 0.25) is 0 Å². The molecule has 1 aliphatic rings. The molecule has 6 rings (SSSR count). The number of halogens is 1. The first-order chi connectivity index (χ1) is 18.6. The maximum absolute atomic E-state index is 14.5. The summed E-state index contributed by atoms with van der Waals surface area (Å²) in [6.45, 7) is 4.96. The SMILES string of the molecule is Cc1c(-c2cc(Sc3ccccc3F)c3c(C#N)cnn3c2)cnn1C1CCN(Cc2ccccn2)CC1. The second-order valence-electron chi connectivity index (χ2n) is 9.51. The Labute approximate surface area is 224 Å². The lowest BCUT2D eigenvalue weighted by Gasteiger charge is -2.32. The number of fused-ring (bicyclic) bond motifs is 1. The van der Waals surface area contributed by atoms with Gasteiger partial charge in [-0.1, -0.05) is 30.0 Å². The third-order valence-corrected chi connectivity index (χ3v) is 8.21. The molecule has 7 nitrogen and oxygen atoms in total. The van der Waals surface area contributed by atoms with E-state index < -0.39 is 0 Å². The number of nitrogens with zero attached hydrogens (tertiary/aromatic N) is 7. The number of hydrogen-bond donors (Lipinski definition) is 0. The zero-order valence-corrected chi connectivity index (χ0v) is 21.8. The highest BCUT2D eigenvalue weighted by Crippen LogP contribution is 2.38. The number of likely N-dealkylation sites (tertiary alicyclic amines) is 1. The summed E-state index contributed by atoms with van der Waals surface area (Å²) in [6.07, 6.45) is 9.27. The molecule has 9 heteroatoms. The number of piperidine rings is 1. The van der Waals surface area contributed by atoms with E-state index in [9.17, 15) is 9.65 Å². The maximum atomic E-state index is 14.5. The summed E-state index contributed by atoms with van der Waals surface area (Å²) in [5.74, 6) is -0.294. The van der Waals surface area contributed by atoms with E-state index in [-0.39, 0.29) is 5.82 Å². The molecule has 0 unspecified atom stereocenters. The molecule has 4 aromatic heterocycles. The maximum Gasteiger partial charge on any atom is 0.137 e. The molecule has 0 radical (unpaired) electrons. The van der Waals surface area contributed by atoms with Gasteiger partial charge in [-0.15, -0.1) is 0 Å². The average molecular weight is 524 g/mol. The van der Waals surface area contributed by atoms with Gasteiger partial charge in [0.1, 0.15) is 11.9 Å². The van der Waals surface area contributed by atoms with Crippen molar-refractivity contribution in [3.63, 3.8) is 0 Å². The summed E-state index contributed by atoms with van der Waals surface area (Å²) >= 11 is 1.30. The zero-order valence-electron chi connectivity index (χ0n) is 21.0. The monoisotopic (exact) mass is 523 g/mol. The number of pyridine rings is 2. The molecule has 5 aromatic rings. The van der Waals surface area contributed by atoms with Crippen molar-refractivity contribution in [1.82, 2.24) is 29.3 Å². The fourth-order valence-corrected chi connectivity index (χ4v) is 6.19. The number of rotatable bonds is 6. The van der Waals surface area contributed by atoms with Gasteiger partial charge in [0.25, 0.3) is 0 Å². The molecule has 0 amide bonds. The molecule has 1 aliphatic heterocycles. The van der Waals surface area contributed by atoms with Crippen LogP contribution in [0.5, 0.6) is 0 Å². The summed E-state index contributed by atoms with van der Waals surface area (Å²) in [5, 5.41) is 18.9. The van der Waals surface area contributed by atoms with Gasteiger partial charge in [-0.2, -0.15) is 15.5 Å². The Bertz CT molecular complexity index is 1630. The topological polar surface area (TPSA) is 75.0 Å². The van der Waals surface area contributed by atoms with Crippen LogP contribution in [-0.2, 0) is 6.54 Å². The summed E-state index contributed by atoms with van der Waals surface area (Å²) < 4.78 is 18.4. The fourth-order valence-electron chi connectivity index (χ4n) is 5.15. The van der Waals surface area contributed by atoms with Crippen molar-refractivity contribution in [3.8, 4) is 17.2 Å². The van der Waals surface area contributed by atoms with Gasteiger partial charge in [0.2, 0.25) is 0 Å². The molecule has 0 spiro atoms. The minimum Gasteiger partial charge on any atom is -0.297 e. The molecule has 38 heavy (non-hydrogen) atoms. The van der Waals surface area contributed by atoms with E-state index in [1.165, 1.54) is 17.8 Å². The number of benzene rings is 1. The lowest BCUT2D eigenvalue weighted by Crippen LogP contribution is -2.35. The van der Waals surface area contributed by atoms with Gasteiger partial charge in [-0.25, -0.2) is 8.91 Å². The molecular formula is C29H26FN7S. The van der Waals surface area contributed by atoms with E-state index in [0.717, 1.165) is 59.9 Å². The van der Waals surface area contributed by atoms with Crippen molar-refractivity contribution in [3.05, 3.63) is 96.1 Å². The van der Waals surface area contributed by atoms with E-state index in [0.29, 0.717) is 22.0 Å². The molecule has 0 saturated carbocycles. The van der Waals surface area contributed by atoms with Crippen LogP contribution in [0.4, 0.5) is 4.39 Å². The lowest BCUT2D eigenvalue weighted by molar-refractivity contribution is 0.170. The molecule has 0 atom stereocenters. The Morgan fingerprint density at radius 2 is 1.87 bits per heavy atom. The molecule has 1 aromatic carbocycles. The molecule has 0 N–H and O–H groups in total. The quantitative estimate of drug-likeness (QED) is 0.276. The van der Waals surface area contributed by atoms with Crippen LogP contribution in [-0.4, -0.2) is 42.4 Å². The number of nitriles is 1. The minimum atomic E-state index is -0.294. The van der Waals surface area contributed by atoms with E-state index in [4.69, 9.17) is 5.10 Å². The van der Waals surface area contributed by atoms with Gasteiger partial charge in [0.15, 0.2) is 0 Å². The van der Waals surface area contributed by atoms with Crippen LogP contribution in [0.25, 0.3) is 16.6 Å². The van der Waals surface area contributed by atoms with Crippen molar-refractivity contribution in [2.75, 3.05) is 13.1 Å². The van der Waals surface area contributed by atoms with Crippen LogP contribution >= 0.6 is 11.8 Å². The number of aromatic nitrogens is 5. The Hall–Kier alpha value is -4.00. The van der Waals surface area contributed by atoms with Gasteiger partial charge in [-0.3, -0.25) is 14.6 Å². The van der Waals surface area contributed by atoms with Crippen LogP contribution in [0.3, 0.4) is 0 Å². The van der Waals surface area contributed by atoms with Crippen molar-refractivity contribution < 1.29 is 4.39 Å². The second kappa shape index (κ2) is 10.4. The Morgan fingerprint density at radius 1 is 1.05 bits per heavy atom. The highest BCUT2D eigenvalue weighted by molar-refractivity contribution is 7.99. The Balaban J connectivity index is 1.27. The molecule has 0 bridgehead atoms. The van der Waals surface area contributed by atoms with Crippen LogP contribution in [0, 0.1) is 24.1 Å². The van der Waals surface area contributed by atoms with Crippen molar-refractivity contribution in [2.45, 2.75) is 42.1 Å².